The number of rotatable bonds is 3. The topological polar surface area (TPSA) is 71.0 Å². The normalized spacial score (nSPS) is 11.0. The third kappa shape index (κ3) is 3.01. The van der Waals surface area contributed by atoms with Crippen LogP contribution >= 0.6 is 11.6 Å². The summed E-state index contributed by atoms with van der Waals surface area (Å²) in [7, 11) is 0. The molecule has 0 aliphatic heterocycles. The lowest BCUT2D eigenvalue weighted by atomic mass is 10.2. The number of aromatic nitrogens is 3. The number of aryl methyl sites for hydroxylation is 1. The molecule has 0 saturated carbocycles. The Bertz CT molecular complexity index is 636. The molecule has 2 aromatic rings. The number of hydrogen-bond acceptors (Lipinski definition) is 4. The van der Waals surface area contributed by atoms with Gasteiger partial charge in [-0.2, -0.15) is 0 Å². The molecule has 0 aliphatic rings. The average Bonchev–Trinajstić information content (AvgIpc) is 2.36. The van der Waals surface area contributed by atoms with Gasteiger partial charge in [0.2, 0.25) is 0 Å². The predicted octanol–water partition coefficient (Wildman–Crippen LogP) is 1.75. The number of nitrogens with zero attached hydrogens (tertiary/aromatic N) is 3. The maximum absolute atomic E-state index is 11.3. The molecule has 1 aromatic heterocycles. The summed E-state index contributed by atoms with van der Waals surface area (Å²) in [6, 6.07) is 7.37. The van der Waals surface area contributed by atoms with Gasteiger partial charge in [0.25, 0.3) is 5.56 Å². The van der Waals surface area contributed by atoms with Gasteiger partial charge in [0, 0.05) is 16.8 Å². The van der Waals surface area contributed by atoms with Crippen molar-refractivity contribution >= 4 is 17.8 Å². The molecule has 0 aliphatic carbocycles. The molecule has 0 atom stereocenters. The van der Waals surface area contributed by atoms with Crippen molar-refractivity contribution in [3.63, 3.8) is 0 Å². The number of H-pyrrole nitrogens is 1. The van der Waals surface area contributed by atoms with Gasteiger partial charge in [-0.25, -0.2) is 0 Å². The highest BCUT2D eigenvalue weighted by Gasteiger charge is 1.99. The SMILES string of the molecule is Cc1nnc(C/N=C/c2ccccc2Cl)[nH]c1=O. The molecule has 0 amide bonds. The molecular weight excluding hydrogens is 252 g/mol. The van der Waals surface area contributed by atoms with Crippen molar-refractivity contribution in [3.8, 4) is 0 Å². The molecule has 1 heterocycles. The molecule has 6 heteroatoms. The standard InChI is InChI=1S/C12H11ClN4O/c1-8-12(18)15-11(17-16-8)7-14-6-9-4-2-3-5-10(9)13/h2-6H,7H2,1H3,(H,15,17,18)/b14-6+. The number of halogens is 1. The first-order valence-corrected chi connectivity index (χ1v) is 5.71. The quantitative estimate of drug-likeness (QED) is 0.857. The van der Waals surface area contributed by atoms with Crippen LogP contribution in [0, 0.1) is 6.92 Å². The Morgan fingerprint density at radius 3 is 2.89 bits per heavy atom. The van der Waals surface area contributed by atoms with Crippen LogP contribution in [0.2, 0.25) is 5.02 Å². The van der Waals surface area contributed by atoms with Crippen molar-refractivity contribution in [2.45, 2.75) is 13.5 Å². The van der Waals surface area contributed by atoms with E-state index in [-0.39, 0.29) is 12.1 Å². The predicted molar refractivity (Wildman–Crippen MR) is 70.1 cm³/mol. The highest BCUT2D eigenvalue weighted by molar-refractivity contribution is 6.33. The van der Waals surface area contributed by atoms with Gasteiger partial charge in [0.05, 0.1) is 6.54 Å². The fourth-order valence-electron chi connectivity index (χ4n) is 1.31. The van der Waals surface area contributed by atoms with Crippen molar-refractivity contribution in [2.75, 3.05) is 0 Å². The van der Waals surface area contributed by atoms with Crippen molar-refractivity contribution in [1.29, 1.82) is 0 Å². The summed E-state index contributed by atoms with van der Waals surface area (Å²) in [6.45, 7) is 1.86. The molecule has 18 heavy (non-hydrogen) atoms. The van der Waals surface area contributed by atoms with Crippen molar-refractivity contribution in [1.82, 2.24) is 15.2 Å². The molecule has 1 aromatic carbocycles. The van der Waals surface area contributed by atoms with Crippen LogP contribution < -0.4 is 5.56 Å². The minimum absolute atomic E-state index is 0.243. The molecule has 5 nitrogen and oxygen atoms in total. The van der Waals surface area contributed by atoms with Crippen molar-refractivity contribution in [3.05, 3.63) is 56.7 Å². The van der Waals surface area contributed by atoms with E-state index < -0.39 is 0 Å². The fraction of sp³-hybridized carbons (Fsp3) is 0.167. The van der Waals surface area contributed by atoms with E-state index >= 15 is 0 Å². The summed E-state index contributed by atoms with van der Waals surface area (Å²) in [5.41, 5.74) is 0.920. The fourth-order valence-corrected chi connectivity index (χ4v) is 1.49. The van der Waals surface area contributed by atoms with Gasteiger partial charge in [-0.15, -0.1) is 10.2 Å². The highest BCUT2D eigenvalue weighted by Crippen LogP contribution is 2.12. The van der Waals surface area contributed by atoms with Crippen LogP contribution in [0.4, 0.5) is 0 Å². The molecular formula is C12H11ClN4O. The van der Waals surface area contributed by atoms with E-state index in [1.54, 1.807) is 19.2 Å². The molecule has 2 rings (SSSR count). The van der Waals surface area contributed by atoms with Gasteiger partial charge in [-0.05, 0) is 13.0 Å². The summed E-state index contributed by atoms with van der Waals surface area (Å²) >= 11 is 5.97. The second-order valence-corrected chi connectivity index (χ2v) is 4.08. The first-order valence-electron chi connectivity index (χ1n) is 5.33. The maximum Gasteiger partial charge on any atom is 0.272 e. The summed E-state index contributed by atoms with van der Waals surface area (Å²) in [6.07, 6.45) is 1.64. The zero-order valence-corrected chi connectivity index (χ0v) is 10.5. The van der Waals surface area contributed by atoms with E-state index in [2.05, 4.69) is 20.2 Å². The van der Waals surface area contributed by atoms with Crippen LogP contribution in [-0.4, -0.2) is 21.4 Å². The molecule has 0 spiro atoms. The van der Waals surface area contributed by atoms with E-state index in [1.807, 2.05) is 18.2 Å². The minimum Gasteiger partial charge on any atom is -0.306 e. The van der Waals surface area contributed by atoms with Crippen LogP contribution in [0.1, 0.15) is 17.1 Å². The first-order chi connectivity index (χ1) is 8.66. The zero-order valence-electron chi connectivity index (χ0n) is 9.72. The van der Waals surface area contributed by atoms with E-state index in [4.69, 9.17) is 11.6 Å². The van der Waals surface area contributed by atoms with Gasteiger partial charge < -0.3 is 4.98 Å². The summed E-state index contributed by atoms with van der Waals surface area (Å²) in [5.74, 6) is 0.425. The molecule has 1 N–H and O–H groups in total. The van der Waals surface area contributed by atoms with Gasteiger partial charge >= 0.3 is 0 Å². The number of hydrogen-bond donors (Lipinski definition) is 1. The van der Waals surface area contributed by atoms with Gasteiger partial charge in [-0.1, -0.05) is 29.8 Å². The van der Waals surface area contributed by atoms with E-state index in [9.17, 15) is 4.79 Å². The van der Waals surface area contributed by atoms with Crippen LogP contribution in [0.15, 0.2) is 34.1 Å². The van der Waals surface area contributed by atoms with E-state index in [0.717, 1.165) is 5.56 Å². The lowest BCUT2D eigenvalue weighted by Gasteiger charge is -1.97. The van der Waals surface area contributed by atoms with Crippen molar-refractivity contribution < 1.29 is 0 Å². The number of aromatic amines is 1. The molecule has 0 bridgehead atoms. The lowest BCUT2D eigenvalue weighted by Crippen LogP contribution is -2.16. The Morgan fingerprint density at radius 1 is 1.39 bits per heavy atom. The van der Waals surface area contributed by atoms with Crippen LogP contribution in [-0.2, 0) is 6.54 Å². The first kappa shape index (κ1) is 12.4. The molecule has 92 valence electrons. The van der Waals surface area contributed by atoms with Crippen molar-refractivity contribution in [2.24, 2.45) is 4.99 Å². The third-order valence-electron chi connectivity index (χ3n) is 2.28. The maximum atomic E-state index is 11.3. The Balaban J connectivity index is 2.10. The largest absolute Gasteiger partial charge is 0.306 e. The van der Waals surface area contributed by atoms with Crippen LogP contribution in [0.25, 0.3) is 0 Å². The Kier molecular flexibility index (Phi) is 3.84. The highest BCUT2D eigenvalue weighted by atomic mass is 35.5. The van der Waals surface area contributed by atoms with Gasteiger partial charge in [0.1, 0.15) is 5.69 Å². The molecule has 0 radical (unpaired) electrons. The number of nitrogens with one attached hydrogen (secondary N) is 1. The minimum atomic E-state index is -0.243. The Hall–Kier alpha value is -2.01. The zero-order chi connectivity index (χ0) is 13.0. The third-order valence-corrected chi connectivity index (χ3v) is 2.63. The summed E-state index contributed by atoms with van der Waals surface area (Å²) in [4.78, 5) is 18.1. The van der Waals surface area contributed by atoms with Gasteiger partial charge in [-0.3, -0.25) is 9.79 Å². The number of benzene rings is 1. The monoisotopic (exact) mass is 262 g/mol. The average molecular weight is 263 g/mol. The molecule has 0 saturated heterocycles. The second kappa shape index (κ2) is 5.55. The molecule has 0 unspecified atom stereocenters. The van der Waals surface area contributed by atoms with Gasteiger partial charge in [0.15, 0.2) is 5.82 Å². The second-order valence-electron chi connectivity index (χ2n) is 3.68. The summed E-state index contributed by atoms with van der Waals surface area (Å²) in [5, 5.41) is 8.20. The lowest BCUT2D eigenvalue weighted by molar-refractivity contribution is 0.795. The van der Waals surface area contributed by atoms with E-state index in [0.29, 0.717) is 16.5 Å². The number of aliphatic imine (C=N–C) groups is 1. The molecule has 0 fully saturated rings. The van der Waals surface area contributed by atoms with E-state index in [1.165, 1.54) is 0 Å². The Morgan fingerprint density at radius 2 is 2.17 bits per heavy atom. The van der Waals surface area contributed by atoms with Crippen LogP contribution in [0.5, 0.6) is 0 Å². The Labute approximate surface area is 109 Å². The smallest absolute Gasteiger partial charge is 0.272 e. The summed E-state index contributed by atoms with van der Waals surface area (Å²) < 4.78 is 0. The van der Waals surface area contributed by atoms with Crippen LogP contribution in [0.3, 0.4) is 0 Å².